The summed E-state index contributed by atoms with van der Waals surface area (Å²) < 4.78 is 16.9. The molecular weight excluding hydrogens is 985 g/mol. The molecule has 6 heteroatoms. The molecule has 0 bridgehead atoms. The number of hydrogen-bond acceptors (Lipinski definition) is 6. The van der Waals surface area contributed by atoms with Crippen LogP contribution in [0, 0.1) is 0 Å². The second kappa shape index (κ2) is 67.3. The van der Waals surface area contributed by atoms with E-state index in [9.17, 15) is 14.4 Å². The van der Waals surface area contributed by atoms with Crippen LogP contribution in [-0.4, -0.2) is 37.2 Å². The standard InChI is InChI=1S/C74H124O6/c1-4-7-10-13-16-19-21-23-25-27-29-31-32-33-34-35-36-37-38-39-40-41-42-44-45-47-49-51-53-55-58-61-64-67-73(76)79-70-71(69-78-72(75)66-63-60-57-18-15-12-9-6-3)80-74(77)68-65-62-59-56-54-52-50-48-46-43-30-28-26-24-22-20-17-14-11-8-5-2/h7-8,10-11,16-17,19-20,23-26,29-31,33-34,43,48,50,71H,4-6,9,12-15,18,21-22,27-28,32,35-42,44-47,49,51-70H2,1-3H3/b10-7-,11-8-,19-16-,20-17-,25-23-,26-24-,31-29-,34-33-,43-30-,50-48-. The molecule has 0 aliphatic carbocycles. The Hall–Kier alpha value is -4.19. The van der Waals surface area contributed by atoms with E-state index < -0.39 is 6.10 Å². The van der Waals surface area contributed by atoms with Crippen LogP contribution in [0.25, 0.3) is 0 Å². The van der Waals surface area contributed by atoms with Gasteiger partial charge in [-0.25, -0.2) is 0 Å². The summed E-state index contributed by atoms with van der Waals surface area (Å²) in [6.07, 6.45) is 93.8. The van der Waals surface area contributed by atoms with Gasteiger partial charge in [-0.15, -0.1) is 0 Å². The molecule has 456 valence electrons. The summed E-state index contributed by atoms with van der Waals surface area (Å²) in [4.78, 5) is 38.2. The number of unbranched alkanes of at least 4 members (excludes halogenated alkanes) is 29. The van der Waals surface area contributed by atoms with E-state index in [0.717, 1.165) is 141 Å². The monoisotopic (exact) mass is 1110 g/mol. The van der Waals surface area contributed by atoms with Crippen molar-refractivity contribution in [2.75, 3.05) is 13.2 Å². The Bertz CT molecular complexity index is 1650. The van der Waals surface area contributed by atoms with Crippen LogP contribution in [0.3, 0.4) is 0 Å². The number of esters is 3. The number of ether oxygens (including phenoxy) is 3. The van der Waals surface area contributed by atoms with E-state index in [4.69, 9.17) is 14.2 Å². The first-order valence-corrected chi connectivity index (χ1v) is 33.5. The number of carbonyl (C=O) groups is 3. The van der Waals surface area contributed by atoms with E-state index >= 15 is 0 Å². The maximum atomic E-state index is 12.9. The van der Waals surface area contributed by atoms with Gasteiger partial charge in [-0.1, -0.05) is 303 Å². The highest BCUT2D eigenvalue weighted by atomic mass is 16.6. The van der Waals surface area contributed by atoms with Crippen LogP contribution in [0.5, 0.6) is 0 Å². The molecule has 80 heavy (non-hydrogen) atoms. The van der Waals surface area contributed by atoms with Gasteiger partial charge in [0.15, 0.2) is 6.10 Å². The van der Waals surface area contributed by atoms with Crippen LogP contribution in [0.4, 0.5) is 0 Å². The highest BCUT2D eigenvalue weighted by Crippen LogP contribution is 2.17. The van der Waals surface area contributed by atoms with Gasteiger partial charge in [0.2, 0.25) is 0 Å². The minimum atomic E-state index is -0.788. The fraction of sp³-hybridized carbons (Fsp3) is 0.689. The van der Waals surface area contributed by atoms with Crippen molar-refractivity contribution in [2.24, 2.45) is 0 Å². The topological polar surface area (TPSA) is 78.9 Å². The van der Waals surface area contributed by atoms with Crippen molar-refractivity contribution in [3.05, 3.63) is 122 Å². The maximum absolute atomic E-state index is 12.9. The van der Waals surface area contributed by atoms with Crippen molar-refractivity contribution < 1.29 is 28.6 Å². The Morgan fingerprint density at radius 2 is 0.487 bits per heavy atom. The average Bonchev–Trinajstić information content (AvgIpc) is 3.46. The number of rotatable bonds is 60. The molecule has 6 nitrogen and oxygen atoms in total. The fourth-order valence-electron chi connectivity index (χ4n) is 9.26. The van der Waals surface area contributed by atoms with Gasteiger partial charge in [-0.2, -0.15) is 0 Å². The second-order valence-electron chi connectivity index (χ2n) is 22.0. The molecule has 0 aliphatic heterocycles. The molecule has 0 spiro atoms. The van der Waals surface area contributed by atoms with E-state index in [1.165, 1.54) is 128 Å². The van der Waals surface area contributed by atoms with Crippen LogP contribution in [0.2, 0.25) is 0 Å². The summed E-state index contributed by atoms with van der Waals surface area (Å²) in [5.41, 5.74) is 0. The molecule has 0 rings (SSSR count). The van der Waals surface area contributed by atoms with Gasteiger partial charge in [0, 0.05) is 19.3 Å². The number of allylic oxidation sites excluding steroid dienone is 20. The third-order valence-corrected chi connectivity index (χ3v) is 14.2. The van der Waals surface area contributed by atoms with Crippen LogP contribution in [-0.2, 0) is 28.6 Å². The van der Waals surface area contributed by atoms with Crippen molar-refractivity contribution in [1.82, 2.24) is 0 Å². The largest absolute Gasteiger partial charge is 0.462 e. The van der Waals surface area contributed by atoms with Gasteiger partial charge in [0.25, 0.3) is 0 Å². The van der Waals surface area contributed by atoms with E-state index in [-0.39, 0.29) is 31.1 Å². The van der Waals surface area contributed by atoms with E-state index in [2.05, 4.69) is 142 Å². The second-order valence-corrected chi connectivity index (χ2v) is 22.0. The quantitative estimate of drug-likeness (QED) is 0.0261. The highest BCUT2D eigenvalue weighted by molar-refractivity contribution is 5.71. The van der Waals surface area contributed by atoms with Gasteiger partial charge in [0.1, 0.15) is 13.2 Å². The van der Waals surface area contributed by atoms with E-state index in [0.29, 0.717) is 19.3 Å². The van der Waals surface area contributed by atoms with Crippen LogP contribution in [0.1, 0.15) is 310 Å². The zero-order chi connectivity index (χ0) is 57.8. The van der Waals surface area contributed by atoms with Crippen LogP contribution >= 0.6 is 0 Å². The summed E-state index contributed by atoms with van der Waals surface area (Å²) in [5, 5.41) is 0. The van der Waals surface area contributed by atoms with Crippen molar-refractivity contribution in [3.63, 3.8) is 0 Å². The molecule has 1 unspecified atom stereocenters. The molecule has 0 radical (unpaired) electrons. The molecule has 1 atom stereocenters. The lowest BCUT2D eigenvalue weighted by Gasteiger charge is -2.18. The summed E-state index contributed by atoms with van der Waals surface area (Å²) >= 11 is 0. The zero-order valence-electron chi connectivity index (χ0n) is 52.3. The predicted octanol–water partition coefficient (Wildman–Crippen LogP) is 23.2. The summed E-state index contributed by atoms with van der Waals surface area (Å²) in [6, 6.07) is 0. The normalized spacial score (nSPS) is 12.9. The smallest absolute Gasteiger partial charge is 0.306 e. The SMILES string of the molecule is CC/C=C\C/C=C\C/C=C\C/C=C\C/C=C\CCCCCCCCCCCCCCCCCCCC(=O)OCC(COC(=O)CCCCCCCCCC)OC(=O)CCCCCCC/C=C\C/C=C\C/C=C\C/C=C\C/C=C\CC. The van der Waals surface area contributed by atoms with Gasteiger partial charge in [0.05, 0.1) is 0 Å². The van der Waals surface area contributed by atoms with Crippen molar-refractivity contribution in [2.45, 2.75) is 316 Å². The zero-order valence-corrected chi connectivity index (χ0v) is 52.3. The molecule has 0 aliphatic rings. The number of hydrogen-bond donors (Lipinski definition) is 0. The van der Waals surface area contributed by atoms with Crippen molar-refractivity contribution >= 4 is 17.9 Å². The first-order valence-electron chi connectivity index (χ1n) is 33.5. The molecule has 0 saturated heterocycles. The highest BCUT2D eigenvalue weighted by Gasteiger charge is 2.19. The minimum absolute atomic E-state index is 0.0843. The summed E-state index contributed by atoms with van der Waals surface area (Å²) in [5.74, 6) is -0.900. The molecule has 0 fully saturated rings. The number of carbonyl (C=O) groups excluding carboxylic acids is 3. The Kier molecular flexibility index (Phi) is 63.8. The molecule has 0 aromatic rings. The molecule has 0 saturated carbocycles. The lowest BCUT2D eigenvalue weighted by atomic mass is 10.0. The lowest BCUT2D eigenvalue weighted by Crippen LogP contribution is -2.30. The third kappa shape index (κ3) is 64.6. The summed E-state index contributed by atoms with van der Waals surface area (Å²) in [6.45, 7) is 6.39. The fourth-order valence-corrected chi connectivity index (χ4v) is 9.26. The molecule has 0 aromatic carbocycles. The van der Waals surface area contributed by atoms with Crippen molar-refractivity contribution in [1.29, 1.82) is 0 Å². The third-order valence-electron chi connectivity index (χ3n) is 14.2. The molecule has 0 heterocycles. The molecule has 0 aromatic heterocycles. The van der Waals surface area contributed by atoms with Gasteiger partial charge in [-0.05, 0) is 109 Å². The van der Waals surface area contributed by atoms with Gasteiger partial charge < -0.3 is 14.2 Å². The van der Waals surface area contributed by atoms with E-state index in [1.807, 2.05) is 0 Å². The Balaban J connectivity index is 4.12. The predicted molar refractivity (Wildman–Crippen MR) is 348 cm³/mol. The molecule has 0 amide bonds. The maximum Gasteiger partial charge on any atom is 0.306 e. The minimum Gasteiger partial charge on any atom is -0.462 e. The van der Waals surface area contributed by atoms with Crippen LogP contribution in [0.15, 0.2) is 122 Å². The Morgan fingerprint density at radius 3 is 0.762 bits per heavy atom. The van der Waals surface area contributed by atoms with Gasteiger partial charge in [-0.3, -0.25) is 14.4 Å². The summed E-state index contributed by atoms with van der Waals surface area (Å²) in [7, 11) is 0. The Labute approximate surface area is 494 Å². The lowest BCUT2D eigenvalue weighted by molar-refractivity contribution is -0.167. The first-order chi connectivity index (χ1) is 39.5. The first kappa shape index (κ1) is 75.8. The van der Waals surface area contributed by atoms with Gasteiger partial charge >= 0.3 is 17.9 Å². The van der Waals surface area contributed by atoms with Crippen molar-refractivity contribution in [3.8, 4) is 0 Å². The van der Waals surface area contributed by atoms with E-state index in [1.54, 1.807) is 0 Å². The average molecular weight is 1110 g/mol. The molecular formula is C74H124O6. The Morgan fingerprint density at radius 1 is 0.263 bits per heavy atom. The van der Waals surface area contributed by atoms with Crippen LogP contribution < -0.4 is 0 Å². The molecule has 0 N–H and O–H groups in total.